The lowest BCUT2D eigenvalue weighted by molar-refractivity contribution is 0.997. The average Bonchev–Trinajstić information content (AvgIpc) is 3.09. The maximum Gasteiger partial charge on any atom is 0.188 e. The van der Waals surface area contributed by atoms with Crippen LogP contribution in [-0.2, 0) is 0 Å². The first-order valence-electron chi connectivity index (χ1n) is 7.12. The molecule has 0 amide bonds. The van der Waals surface area contributed by atoms with Gasteiger partial charge in [-0.2, -0.15) is 0 Å². The Labute approximate surface area is 132 Å². The molecule has 0 unspecified atom stereocenters. The largest absolute Gasteiger partial charge is 0.265 e. The molecule has 0 saturated heterocycles. The molecule has 0 bridgehead atoms. The minimum Gasteiger partial charge on any atom is -0.265 e. The number of nitrogens with zero attached hydrogens (tertiary/aromatic N) is 6. The van der Waals surface area contributed by atoms with Gasteiger partial charge >= 0.3 is 0 Å². The van der Waals surface area contributed by atoms with Gasteiger partial charge in [-0.3, -0.25) is 14.5 Å². The zero-order valence-corrected chi connectivity index (χ0v) is 12.1. The Bertz CT molecular complexity index is 847. The van der Waals surface area contributed by atoms with Crippen molar-refractivity contribution < 1.29 is 0 Å². The third-order valence-corrected chi connectivity index (χ3v) is 3.37. The number of aromatic nitrogens is 6. The second-order valence-electron chi connectivity index (χ2n) is 4.82. The maximum absolute atomic E-state index is 4.43. The molecule has 0 fully saturated rings. The molecule has 0 saturated carbocycles. The number of hydrogen-bond donors (Lipinski definition) is 0. The SMILES string of the molecule is c1ccc(-c2nnc(-c3ccncc3)n2-c2ccccn2)nc1. The van der Waals surface area contributed by atoms with Crippen molar-refractivity contribution in [2.45, 2.75) is 0 Å². The van der Waals surface area contributed by atoms with E-state index in [0.29, 0.717) is 11.6 Å². The molecule has 0 N–H and O–H groups in total. The van der Waals surface area contributed by atoms with E-state index in [9.17, 15) is 0 Å². The molecule has 6 heteroatoms. The second-order valence-corrected chi connectivity index (χ2v) is 4.82. The number of hydrogen-bond acceptors (Lipinski definition) is 5. The van der Waals surface area contributed by atoms with Crippen LogP contribution in [0.15, 0.2) is 73.3 Å². The second kappa shape index (κ2) is 5.76. The van der Waals surface area contributed by atoms with E-state index in [1.165, 1.54) is 0 Å². The normalized spacial score (nSPS) is 10.6. The van der Waals surface area contributed by atoms with E-state index >= 15 is 0 Å². The average molecular weight is 300 g/mol. The lowest BCUT2D eigenvalue weighted by atomic mass is 10.2. The Hall–Kier alpha value is -3.41. The Morgan fingerprint density at radius 1 is 0.652 bits per heavy atom. The lowest BCUT2D eigenvalue weighted by Crippen LogP contribution is -2.03. The minimum atomic E-state index is 0.649. The van der Waals surface area contributed by atoms with E-state index in [1.54, 1.807) is 24.8 Å². The van der Waals surface area contributed by atoms with Gasteiger partial charge in [0.2, 0.25) is 0 Å². The van der Waals surface area contributed by atoms with Crippen molar-refractivity contribution in [1.82, 2.24) is 29.7 Å². The van der Waals surface area contributed by atoms with Gasteiger partial charge in [-0.15, -0.1) is 10.2 Å². The van der Waals surface area contributed by atoms with E-state index in [-0.39, 0.29) is 0 Å². The van der Waals surface area contributed by atoms with E-state index in [4.69, 9.17) is 0 Å². The standard InChI is InChI=1S/C17H12N6/c1-3-9-19-14(5-1)17-22-21-16(13-7-11-18-12-8-13)23(17)15-6-2-4-10-20-15/h1-12H. The summed E-state index contributed by atoms with van der Waals surface area (Å²) in [5.41, 5.74) is 1.66. The van der Waals surface area contributed by atoms with Crippen LogP contribution in [0.3, 0.4) is 0 Å². The number of pyridine rings is 3. The summed E-state index contributed by atoms with van der Waals surface area (Å²) in [6, 6.07) is 15.2. The Kier molecular flexibility index (Phi) is 3.32. The molecule has 23 heavy (non-hydrogen) atoms. The molecule has 4 aromatic heterocycles. The van der Waals surface area contributed by atoms with Gasteiger partial charge in [0.05, 0.1) is 0 Å². The van der Waals surface area contributed by atoms with Gasteiger partial charge in [-0.1, -0.05) is 12.1 Å². The first-order valence-corrected chi connectivity index (χ1v) is 7.12. The predicted molar refractivity (Wildman–Crippen MR) is 85.6 cm³/mol. The molecule has 0 atom stereocenters. The summed E-state index contributed by atoms with van der Waals surface area (Å²) in [5.74, 6) is 2.09. The summed E-state index contributed by atoms with van der Waals surface area (Å²) >= 11 is 0. The van der Waals surface area contributed by atoms with Crippen molar-refractivity contribution >= 4 is 0 Å². The fourth-order valence-corrected chi connectivity index (χ4v) is 2.34. The van der Waals surface area contributed by atoms with E-state index in [2.05, 4.69) is 25.1 Å². The molecule has 0 aromatic carbocycles. The minimum absolute atomic E-state index is 0.649. The third-order valence-electron chi connectivity index (χ3n) is 3.37. The molecule has 110 valence electrons. The van der Waals surface area contributed by atoms with Gasteiger partial charge in [0, 0.05) is 30.4 Å². The zero-order chi connectivity index (χ0) is 15.5. The van der Waals surface area contributed by atoms with E-state index in [1.807, 2.05) is 53.1 Å². The third kappa shape index (κ3) is 2.46. The van der Waals surface area contributed by atoms with Gasteiger partial charge in [0.15, 0.2) is 11.6 Å². The first-order chi connectivity index (χ1) is 11.4. The van der Waals surface area contributed by atoms with Crippen LogP contribution >= 0.6 is 0 Å². The molecule has 0 spiro atoms. The Morgan fingerprint density at radius 3 is 2.09 bits per heavy atom. The molecular formula is C17H12N6. The molecule has 0 aliphatic heterocycles. The van der Waals surface area contributed by atoms with Crippen molar-refractivity contribution in [3.63, 3.8) is 0 Å². The maximum atomic E-state index is 4.43. The summed E-state index contributed by atoms with van der Waals surface area (Å²) < 4.78 is 1.90. The monoisotopic (exact) mass is 300 g/mol. The van der Waals surface area contributed by atoms with Crippen LogP contribution in [0.5, 0.6) is 0 Å². The Morgan fingerprint density at radius 2 is 1.39 bits per heavy atom. The highest BCUT2D eigenvalue weighted by Crippen LogP contribution is 2.25. The molecule has 0 aliphatic carbocycles. The van der Waals surface area contributed by atoms with Crippen molar-refractivity contribution in [1.29, 1.82) is 0 Å². The number of rotatable bonds is 3. The van der Waals surface area contributed by atoms with Crippen LogP contribution in [0.2, 0.25) is 0 Å². The summed E-state index contributed by atoms with van der Waals surface area (Å²) in [4.78, 5) is 12.9. The lowest BCUT2D eigenvalue weighted by Gasteiger charge is -2.09. The fraction of sp³-hybridized carbons (Fsp3) is 0. The van der Waals surface area contributed by atoms with Crippen LogP contribution in [0.25, 0.3) is 28.7 Å². The predicted octanol–water partition coefficient (Wildman–Crippen LogP) is 2.79. The molecule has 4 rings (SSSR count). The molecular weight excluding hydrogens is 288 g/mol. The quantitative estimate of drug-likeness (QED) is 0.582. The summed E-state index contributed by atoms with van der Waals surface area (Å²) in [6.45, 7) is 0. The van der Waals surface area contributed by atoms with Crippen molar-refractivity contribution in [3.05, 3.63) is 73.3 Å². The highest BCUT2D eigenvalue weighted by molar-refractivity contribution is 5.63. The molecule has 4 heterocycles. The van der Waals surface area contributed by atoms with Crippen LogP contribution in [0.4, 0.5) is 0 Å². The smallest absolute Gasteiger partial charge is 0.188 e. The molecule has 0 radical (unpaired) electrons. The molecule has 4 aromatic rings. The van der Waals surface area contributed by atoms with Gasteiger partial charge in [-0.25, -0.2) is 4.98 Å². The molecule has 0 aliphatic rings. The van der Waals surface area contributed by atoms with Crippen LogP contribution < -0.4 is 0 Å². The topological polar surface area (TPSA) is 69.4 Å². The summed E-state index contributed by atoms with van der Waals surface area (Å²) in [5, 5.41) is 8.67. The van der Waals surface area contributed by atoms with Crippen LogP contribution in [0, 0.1) is 0 Å². The molecule has 6 nitrogen and oxygen atoms in total. The van der Waals surface area contributed by atoms with Gasteiger partial charge in [0.1, 0.15) is 11.5 Å². The van der Waals surface area contributed by atoms with Gasteiger partial charge < -0.3 is 0 Å². The van der Waals surface area contributed by atoms with Crippen LogP contribution in [-0.4, -0.2) is 29.7 Å². The van der Waals surface area contributed by atoms with Crippen molar-refractivity contribution in [2.24, 2.45) is 0 Å². The summed E-state index contributed by atoms with van der Waals surface area (Å²) in [7, 11) is 0. The fourth-order valence-electron chi connectivity index (χ4n) is 2.34. The Balaban J connectivity index is 1.97. The van der Waals surface area contributed by atoms with Crippen LogP contribution in [0.1, 0.15) is 0 Å². The van der Waals surface area contributed by atoms with Crippen molar-refractivity contribution in [3.8, 4) is 28.7 Å². The van der Waals surface area contributed by atoms with Gasteiger partial charge in [0.25, 0.3) is 0 Å². The summed E-state index contributed by atoms with van der Waals surface area (Å²) in [6.07, 6.45) is 6.94. The highest BCUT2D eigenvalue weighted by atomic mass is 15.3. The van der Waals surface area contributed by atoms with E-state index in [0.717, 1.165) is 17.1 Å². The van der Waals surface area contributed by atoms with Crippen molar-refractivity contribution in [2.75, 3.05) is 0 Å². The zero-order valence-electron chi connectivity index (χ0n) is 12.1. The first kappa shape index (κ1) is 13.3. The highest BCUT2D eigenvalue weighted by Gasteiger charge is 2.18. The van der Waals surface area contributed by atoms with E-state index < -0.39 is 0 Å². The van der Waals surface area contributed by atoms with Gasteiger partial charge in [-0.05, 0) is 36.4 Å².